The van der Waals surface area contributed by atoms with Gasteiger partial charge in [-0.15, -0.1) is 0 Å². The molecular formula is C43H57N3O15. The molecule has 2 atom stereocenters. The number of methoxy groups -OCH3 is 2. The molecule has 1 aliphatic carbocycles. The van der Waals surface area contributed by atoms with Crippen molar-refractivity contribution in [1.82, 2.24) is 0 Å². The van der Waals surface area contributed by atoms with E-state index in [0.29, 0.717) is 41.9 Å². The van der Waals surface area contributed by atoms with Gasteiger partial charge in [0.2, 0.25) is 0 Å². The first-order valence-electron chi connectivity index (χ1n) is 19.2. The number of allylic oxidation sites excluding steroid dienone is 2. The molecule has 0 radical (unpaired) electrons. The van der Waals surface area contributed by atoms with Crippen LogP contribution in [-0.4, -0.2) is 98.4 Å². The number of ether oxygens (including phenoxy) is 6. The van der Waals surface area contributed by atoms with Crippen LogP contribution in [0.25, 0.3) is 6.08 Å². The first-order valence-corrected chi connectivity index (χ1v) is 19.2. The minimum atomic E-state index is -0.819. The molecule has 2 aromatic rings. The lowest BCUT2D eigenvalue weighted by Gasteiger charge is -2.30. The molecule has 0 heterocycles. The number of nitro groups is 2. The lowest BCUT2D eigenvalue weighted by atomic mass is 9.75. The average Bonchev–Trinajstić information content (AvgIpc) is 3.16. The molecule has 0 aromatic heterocycles. The summed E-state index contributed by atoms with van der Waals surface area (Å²) in [5, 5.41) is 22.0. The van der Waals surface area contributed by atoms with Crippen LogP contribution in [0, 0.1) is 20.2 Å². The van der Waals surface area contributed by atoms with Crippen molar-refractivity contribution in [2.45, 2.75) is 92.4 Å². The van der Waals surface area contributed by atoms with Crippen LogP contribution in [0.5, 0.6) is 0 Å². The molecule has 0 saturated carbocycles. The molecule has 1 aliphatic rings. The quantitative estimate of drug-likeness (QED) is 0.0253. The second kappa shape index (κ2) is 26.9. The Labute approximate surface area is 355 Å². The van der Waals surface area contributed by atoms with Crippen LogP contribution in [-0.2, 0) is 52.4 Å². The summed E-state index contributed by atoms with van der Waals surface area (Å²) in [4.78, 5) is 80.8. The highest BCUT2D eigenvalue weighted by Crippen LogP contribution is 2.43. The van der Waals surface area contributed by atoms with Crippen LogP contribution in [0.3, 0.4) is 0 Å². The molecule has 0 bridgehead atoms. The molecule has 3 rings (SSSR count). The number of carbonyl (C=O) groups excluding carboxylic acids is 5. The fourth-order valence-corrected chi connectivity index (χ4v) is 5.57. The third-order valence-electron chi connectivity index (χ3n) is 8.12. The minimum absolute atomic E-state index is 0.0578. The fraction of sp³-hybridized carbons (Fsp3) is 0.465. The summed E-state index contributed by atoms with van der Waals surface area (Å²) in [5.41, 5.74) is 7.94. The Bertz CT molecular complexity index is 1960. The Morgan fingerprint density at radius 2 is 1.26 bits per heavy atom. The van der Waals surface area contributed by atoms with Gasteiger partial charge in [0.25, 0.3) is 11.4 Å². The topological polar surface area (TPSA) is 253 Å². The summed E-state index contributed by atoms with van der Waals surface area (Å²) in [6, 6.07) is 11.5. The molecule has 18 heteroatoms. The average molecular weight is 856 g/mol. The van der Waals surface area contributed by atoms with Gasteiger partial charge in [-0.2, -0.15) is 0 Å². The Balaban J connectivity index is 0.000000515. The van der Waals surface area contributed by atoms with Crippen LogP contribution in [0.1, 0.15) is 85.3 Å². The van der Waals surface area contributed by atoms with E-state index in [9.17, 15) is 44.2 Å². The minimum Gasteiger partial charge on any atom is -0.463 e. The number of rotatable bonds is 18. The van der Waals surface area contributed by atoms with E-state index in [1.54, 1.807) is 67.7 Å². The van der Waals surface area contributed by atoms with Crippen molar-refractivity contribution in [2.75, 3.05) is 40.6 Å². The molecule has 0 fully saturated rings. The van der Waals surface area contributed by atoms with Crippen LogP contribution < -0.4 is 5.73 Å². The smallest absolute Gasteiger partial charge is 0.342 e. The number of nitrogens with two attached hydrogens (primary N) is 1. The van der Waals surface area contributed by atoms with Gasteiger partial charge in [0, 0.05) is 61.6 Å². The van der Waals surface area contributed by atoms with E-state index in [1.165, 1.54) is 56.5 Å². The van der Waals surface area contributed by atoms with Gasteiger partial charge in [-0.1, -0.05) is 35.4 Å². The monoisotopic (exact) mass is 855 g/mol. The second-order valence-electron chi connectivity index (χ2n) is 14.2. The summed E-state index contributed by atoms with van der Waals surface area (Å²) in [6.45, 7) is 14.4. The summed E-state index contributed by atoms with van der Waals surface area (Å²) in [6.07, 6.45) is 1.26. The van der Waals surface area contributed by atoms with Gasteiger partial charge in [0.05, 0.1) is 41.7 Å². The predicted molar refractivity (Wildman–Crippen MR) is 224 cm³/mol. The van der Waals surface area contributed by atoms with Gasteiger partial charge in [-0.05, 0) is 79.0 Å². The van der Waals surface area contributed by atoms with Crippen LogP contribution in [0.15, 0.2) is 76.4 Å². The standard InChI is InChI=1S/C22H27NO7.C14H15NO5.C7H15NO3/c1-13(2)30-22(25)19-15(4)11-14(3)18(21(24)29-10-9-28-5)20(19)16-7-6-8-17(12-16)23(26)27;1-9(2)20-14(17)13(10(3)16)8-11-5-4-6-12(7-11)15(18)19;1-6(8)5-7(9)11-4-3-10-2/h6-8,12-13,20H,9-11H2,1-5H3;4-9H,1-3H3;6H,3-5,8H2,1-2H3/b;13-8-;. The predicted octanol–water partition coefficient (Wildman–Crippen LogP) is 6.29. The zero-order valence-corrected chi connectivity index (χ0v) is 36.3. The van der Waals surface area contributed by atoms with Gasteiger partial charge >= 0.3 is 23.9 Å². The molecule has 0 aliphatic heterocycles. The van der Waals surface area contributed by atoms with Gasteiger partial charge in [0.1, 0.15) is 18.8 Å². The molecule has 2 unspecified atom stereocenters. The highest BCUT2D eigenvalue weighted by Gasteiger charge is 2.38. The van der Waals surface area contributed by atoms with E-state index in [2.05, 4.69) is 4.74 Å². The molecule has 2 N–H and O–H groups in total. The lowest BCUT2D eigenvalue weighted by Crippen LogP contribution is -2.28. The summed E-state index contributed by atoms with van der Waals surface area (Å²) >= 11 is 0. The highest BCUT2D eigenvalue weighted by atomic mass is 16.6. The Kier molecular flexibility index (Phi) is 23.3. The van der Waals surface area contributed by atoms with E-state index in [0.717, 1.165) is 11.1 Å². The van der Waals surface area contributed by atoms with Gasteiger partial charge in [-0.25, -0.2) is 14.4 Å². The van der Waals surface area contributed by atoms with Crippen molar-refractivity contribution in [2.24, 2.45) is 5.73 Å². The van der Waals surface area contributed by atoms with E-state index in [-0.39, 0.29) is 60.8 Å². The Morgan fingerprint density at radius 3 is 1.75 bits per heavy atom. The SMILES string of the molecule is CC(=O)/C(=C/c1cccc([N+](=O)[O-])c1)C(=O)OC(C)C.COCCOC(=O)C1=C(C)CC(C)=C(C(=O)OC(C)C)C1c1cccc([N+](=O)[O-])c1.COCCOC(=O)CC(C)N. The first kappa shape index (κ1) is 52.9. The number of carbonyl (C=O) groups is 5. The molecule has 0 amide bonds. The third-order valence-corrected chi connectivity index (χ3v) is 8.12. The molecule has 0 spiro atoms. The maximum atomic E-state index is 12.9. The third kappa shape index (κ3) is 18.8. The normalized spacial score (nSPS) is 14.2. The van der Waals surface area contributed by atoms with E-state index in [1.807, 2.05) is 0 Å². The maximum absolute atomic E-state index is 12.9. The second-order valence-corrected chi connectivity index (χ2v) is 14.2. The number of hydrogen-bond donors (Lipinski definition) is 1. The van der Waals surface area contributed by atoms with Crippen LogP contribution >= 0.6 is 0 Å². The number of esters is 4. The van der Waals surface area contributed by atoms with Gasteiger partial charge < -0.3 is 34.2 Å². The van der Waals surface area contributed by atoms with Crippen LogP contribution in [0.4, 0.5) is 11.4 Å². The van der Waals surface area contributed by atoms with Crippen molar-refractivity contribution in [3.63, 3.8) is 0 Å². The van der Waals surface area contributed by atoms with E-state index >= 15 is 0 Å². The van der Waals surface area contributed by atoms with Crippen molar-refractivity contribution in [3.8, 4) is 0 Å². The molecule has 61 heavy (non-hydrogen) atoms. The maximum Gasteiger partial charge on any atom is 0.342 e. The first-order chi connectivity index (χ1) is 28.6. The Morgan fingerprint density at radius 1 is 0.754 bits per heavy atom. The van der Waals surface area contributed by atoms with Crippen molar-refractivity contribution in [1.29, 1.82) is 0 Å². The van der Waals surface area contributed by atoms with Crippen molar-refractivity contribution >= 4 is 47.1 Å². The largest absolute Gasteiger partial charge is 0.463 e. The number of non-ortho nitro benzene ring substituents is 2. The number of nitrogens with zero attached hydrogens (tertiary/aromatic N) is 2. The number of ketones is 1. The molecule has 334 valence electrons. The number of Topliss-reactive ketones (excluding diaryl/α,β-unsaturated/α-hetero) is 1. The number of nitro benzene ring substituents is 2. The fourth-order valence-electron chi connectivity index (χ4n) is 5.57. The van der Waals surface area contributed by atoms with Crippen molar-refractivity contribution < 1.29 is 62.2 Å². The number of benzene rings is 2. The lowest BCUT2D eigenvalue weighted by molar-refractivity contribution is -0.385. The zero-order chi connectivity index (χ0) is 46.4. The van der Waals surface area contributed by atoms with E-state index in [4.69, 9.17) is 29.4 Å². The molecule has 18 nitrogen and oxygen atoms in total. The van der Waals surface area contributed by atoms with Crippen molar-refractivity contribution in [3.05, 3.63) is 108 Å². The molecule has 2 aromatic carbocycles. The summed E-state index contributed by atoms with van der Waals surface area (Å²) in [5.74, 6) is -3.41. The van der Waals surface area contributed by atoms with Gasteiger partial charge in [0.15, 0.2) is 5.78 Å². The zero-order valence-electron chi connectivity index (χ0n) is 36.3. The Hall–Kier alpha value is -6.11. The summed E-state index contributed by atoms with van der Waals surface area (Å²) < 4.78 is 30.1. The molecule has 0 saturated heterocycles. The molecular weight excluding hydrogens is 798 g/mol. The van der Waals surface area contributed by atoms with Gasteiger partial charge in [-0.3, -0.25) is 29.8 Å². The number of hydrogen-bond acceptors (Lipinski definition) is 16. The van der Waals surface area contributed by atoms with Crippen LogP contribution in [0.2, 0.25) is 0 Å². The highest BCUT2D eigenvalue weighted by molar-refractivity contribution is 6.19. The summed E-state index contributed by atoms with van der Waals surface area (Å²) in [7, 11) is 3.05. The van der Waals surface area contributed by atoms with E-state index < -0.39 is 39.5 Å².